The molecule has 1 fully saturated rings. The van der Waals surface area contributed by atoms with Gasteiger partial charge in [0.05, 0.1) is 26.9 Å². The van der Waals surface area contributed by atoms with Gasteiger partial charge in [0.2, 0.25) is 0 Å². The van der Waals surface area contributed by atoms with E-state index in [-0.39, 0.29) is 23.4 Å². The summed E-state index contributed by atoms with van der Waals surface area (Å²) < 4.78 is 50.7. The highest BCUT2D eigenvalue weighted by Crippen LogP contribution is 2.60. The van der Waals surface area contributed by atoms with Crippen LogP contribution in [0.25, 0.3) is 11.2 Å². The van der Waals surface area contributed by atoms with Crippen molar-refractivity contribution < 1.29 is 56.3 Å². The van der Waals surface area contributed by atoms with E-state index in [2.05, 4.69) is 28.1 Å². The number of hydrogen-bond acceptors (Lipinski definition) is 16. The van der Waals surface area contributed by atoms with E-state index < -0.39 is 48.5 Å². The molecule has 0 spiro atoms. The molecule has 2 aromatic heterocycles. The molecule has 3 N–H and O–H groups in total. The number of imidazole rings is 1. The van der Waals surface area contributed by atoms with Crippen molar-refractivity contribution in [2.75, 3.05) is 12.3 Å². The van der Waals surface area contributed by atoms with Gasteiger partial charge in [0.1, 0.15) is 24.2 Å². The largest absolute Gasteiger partial charge is 0.790 e. The number of phosphoric ester groups is 1. The molecular weight excluding hydrogens is 475 g/mol. The minimum absolute atomic E-state index is 0.0495. The lowest BCUT2D eigenvalue weighted by Crippen LogP contribution is -2.27. The topological polar surface area (TPSA) is 270 Å². The second-order valence-electron chi connectivity index (χ2n) is 5.82. The molecule has 0 aliphatic carbocycles. The SMILES string of the molecule is Nc1ncnc2c1ncn2C1CC(O)C(COP(=O)([O-])OP(=O)([O-])OP(=O)([O-])[O-])O1. The number of anilines is 1. The first-order valence-electron chi connectivity index (χ1n) is 7.74. The van der Waals surface area contributed by atoms with Crippen LogP contribution in [-0.4, -0.2) is 43.4 Å². The zero-order valence-corrected chi connectivity index (χ0v) is 17.1. The number of nitrogen functional groups attached to an aromatic ring is 1. The maximum Gasteiger partial charge on any atom is 0.278 e. The maximum absolute atomic E-state index is 11.6. The molecule has 30 heavy (non-hydrogen) atoms. The van der Waals surface area contributed by atoms with Gasteiger partial charge in [-0.3, -0.25) is 18.0 Å². The minimum atomic E-state index is -6.09. The van der Waals surface area contributed by atoms with Crippen molar-refractivity contribution in [2.24, 2.45) is 0 Å². The molecule has 20 heteroatoms. The molecule has 0 saturated carbocycles. The number of nitrogens with two attached hydrogens (primary N) is 1. The second-order valence-corrected chi connectivity index (χ2v) is 10.1. The van der Waals surface area contributed by atoms with Crippen LogP contribution in [0, 0.1) is 0 Å². The first kappa shape index (κ1) is 23.3. The van der Waals surface area contributed by atoms with Crippen LogP contribution in [0.1, 0.15) is 12.6 Å². The van der Waals surface area contributed by atoms with Crippen molar-refractivity contribution in [1.29, 1.82) is 0 Å². The van der Waals surface area contributed by atoms with E-state index in [1.807, 2.05) is 0 Å². The molecule has 0 aromatic carbocycles. The summed E-state index contributed by atoms with van der Waals surface area (Å²) in [5.41, 5.74) is 6.23. The Kier molecular flexibility index (Phi) is 6.47. The van der Waals surface area contributed by atoms with Crippen LogP contribution in [0.4, 0.5) is 5.82 Å². The number of aliphatic hydroxyl groups excluding tert-OH is 1. The van der Waals surface area contributed by atoms with Gasteiger partial charge in [0.15, 0.2) is 11.5 Å². The Balaban J connectivity index is 1.64. The number of aromatic nitrogens is 4. The van der Waals surface area contributed by atoms with Gasteiger partial charge in [0.25, 0.3) is 15.6 Å². The number of nitrogens with zero attached hydrogens (tertiary/aromatic N) is 4. The van der Waals surface area contributed by atoms with Gasteiger partial charge in [-0.1, -0.05) is 0 Å². The van der Waals surface area contributed by atoms with E-state index in [0.29, 0.717) is 0 Å². The summed E-state index contributed by atoms with van der Waals surface area (Å²) >= 11 is 0. The monoisotopic (exact) mass is 487 g/mol. The average Bonchev–Trinajstić information content (AvgIpc) is 3.14. The second kappa shape index (κ2) is 8.31. The zero-order valence-electron chi connectivity index (χ0n) is 14.4. The molecule has 17 nitrogen and oxygen atoms in total. The van der Waals surface area contributed by atoms with Gasteiger partial charge in [-0.15, -0.1) is 0 Å². The van der Waals surface area contributed by atoms with E-state index in [4.69, 9.17) is 10.5 Å². The van der Waals surface area contributed by atoms with Gasteiger partial charge < -0.3 is 44.2 Å². The summed E-state index contributed by atoms with van der Waals surface area (Å²) in [4.78, 5) is 55.1. The Labute approximate surface area is 166 Å². The summed E-state index contributed by atoms with van der Waals surface area (Å²) in [7, 11) is -17.9. The molecule has 2 aromatic rings. The van der Waals surface area contributed by atoms with E-state index in [1.165, 1.54) is 17.2 Å². The smallest absolute Gasteiger partial charge is 0.278 e. The molecule has 1 saturated heterocycles. The van der Waals surface area contributed by atoms with Crippen LogP contribution in [0.5, 0.6) is 0 Å². The lowest BCUT2D eigenvalue weighted by molar-refractivity contribution is -0.339. The number of phosphoric acid groups is 3. The van der Waals surface area contributed by atoms with Gasteiger partial charge >= 0.3 is 0 Å². The normalized spacial score (nSPS) is 26.5. The molecule has 3 rings (SSSR count). The predicted octanol–water partition coefficient (Wildman–Crippen LogP) is -3.13. The lowest BCUT2D eigenvalue weighted by Gasteiger charge is -2.37. The van der Waals surface area contributed by atoms with E-state index in [0.717, 1.165) is 0 Å². The Morgan fingerprint density at radius 3 is 2.53 bits per heavy atom. The summed E-state index contributed by atoms with van der Waals surface area (Å²) in [6.45, 7) is -0.908. The molecule has 0 radical (unpaired) electrons. The van der Waals surface area contributed by atoms with Crippen LogP contribution in [-0.2, 0) is 31.6 Å². The first-order chi connectivity index (χ1) is 13.8. The third-order valence-electron chi connectivity index (χ3n) is 3.70. The third-order valence-corrected chi connectivity index (χ3v) is 7.36. The fourth-order valence-electron chi connectivity index (χ4n) is 2.56. The fraction of sp³-hybridized carbons (Fsp3) is 0.500. The zero-order chi connectivity index (χ0) is 22.3. The van der Waals surface area contributed by atoms with Crippen molar-refractivity contribution in [3.63, 3.8) is 0 Å². The van der Waals surface area contributed by atoms with Gasteiger partial charge in [-0.25, -0.2) is 19.3 Å². The Bertz CT molecular complexity index is 1070. The quantitative estimate of drug-likeness (QED) is 0.348. The van der Waals surface area contributed by atoms with Crippen molar-refractivity contribution >= 4 is 40.4 Å². The summed E-state index contributed by atoms with van der Waals surface area (Å²) in [6, 6.07) is 0. The van der Waals surface area contributed by atoms with Crippen molar-refractivity contribution in [3.05, 3.63) is 12.7 Å². The standard InChI is InChI=1S/C10H16N5O12P3/c11-9-8-10(13-3-12-9)15(4-14-8)7-1-5(16)6(25-7)2-24-29(20,21)27-30(22,23)26-28(17,18)19/h3-7,16H,1-2H2,(H,20,21)(H,22,23)(H2,11,12,13)(H2,17,18,19)/p-4. The fourth-order valence-corrected chi connectivity index (χ4v) is 5.43. The summed E-state index contributed by atoms with van der Waals surface area (Å²) in [6.07, 6.45) is -0.946. The number of ether oxygens (including phenoxy) is 1. The number of aliphatic hydroxyl groups is 1. The molecular formula is C10H12N5O12P3-4. The lowest BCUT2D eigenvalue weighted by atomic mass is 10.2. The van der Waals surface area contributed by atoms with Crippen LogP contribution >= 0.6 is 23.5 Å². The van der Waals surface area contributed by atoms with Gasteiger partial charge in [0, 0.05) is 6.42 Å². The van der Waals surface area contributed by atoms with Crippen LogP contribution in [0.15, 0.2) is 12.7 Å². The highest BCUT2D eigenvalue weighted by molar-refractivity contribution is 7.64. The Morgan fingerprint density at radius 1 is 1.17 bits per heavy atom. The Morgan fingerprint density at radius 2 is 1.87 bits per heavy atom. The average molecular weight is 487 g/mol. The molecule has 168 valence electrons. The predicted molar refractivity (Wildman–Crippen MR) is 85.2 cm³/mol. The molecule has 0 amide bonds. The van der Waals surface area contributed by atoms with Gasteiger partial charge in [-0.2, -0.15) is 0 Å². The number of hydrogen-bond donors (Lipinski definition) is 2. The van der Waals surface area contributed by atoms with E-state index in [9.17, 15) is 38.4 Å². The van der Waals surface area contributed by atoms with Crippen LogP contribution < -0.4 is 25.3 Å². The molecule has 3 heterocycles. The van der Waals surface area contributed by atoms with Gasteiger partial charge in [-0.05, 0) is 0 Å². The first-order valence-corrected chi connectivity index (χ1v) is 12.1. The number of rotatable bonds is 8. The highest BCUT2D eigenvalue weighted by Gasteiger charge is 2.37. The van der Waals surface area contributed by atoms with E-state index in [1.54, 1.807) is 0 Å². The van der Waals surface area contributed by atoms with Crippen molar-refractivity contribution in [3.8, 4) is 0 Å². The van der Waals surface area contributed by atoms with Crippen molar-refractivity contribution in [1.82, 2.24) is 19.5 Å². The molecule has 1 aliphatic rings. The highest BCUT2D eigenvalue weighted by atomic mass is 31.3. The van der Waals surface area contributed by atoms with Crippen LogP contribution in [0.2, 0.25) is 0 Å². The summed E-state index contributed by atoms with van der Waals surface area (Å²) in [5.74, 6) is 0.103. The number of fused-ring (bicyclic) bond motifs is 1. The van der Waals surface area contributed by atoms with Crippen molar-refractivity contribution in [2.45, 2.75) is 24.9 Å². The minimum Gasteiger partial charge on any atom is -0.790 e. The molecule has 1 aliphatic heterocycles. The molecule has 0 bridgehead atoms. The summed E-state index contributed by atoms with van der Waals surface area (Å²) in [5, 5.41) is 10.1. The van der Waals surface area contributed by atoms with E-state index >= 15 is 0 Å². The Hall–Kier alpha value is -1.32. The maximum atomic E-state index is 11.6. The molecule has 5 atom stereocenters. The molecule has 5 unspecified atom stereocenters. The van der Waals surface area contributed by atoms with Crippen LogP contribution in [0.3, 0.4) is 0 Å². The third kappa shape index (κ3) is 5.68.